The second-order valence-corrected chi connectivity index (χ2v) is 3.28. The molecule has 1 aromatic rings. The first-order chi connectivity index (χ1) is 6.86. The molecular weight excluding hydrogens is 207 g/mol. The summed E-state index contributed by atoms with van der Waals surface area (Å²) in [6.45, 7) is 0. The molecule has 0 radical (unpaired) electrons. The minimum atomic E-state index is -4.49. The molecule has 0 aliphatic carbocycles. The monoisotopic (exact) mass is 217 g/mol. The topological polar surface area (TPSA) is 20.3 Å². The van der Waals surface area contributed by atoms with E-state index in [1.54, 1.807) is 19.0 Å². The van der Waals surface area contributed by atoms with Crippen LogP contribution in [-0.2, 0) is 6.18 Å². The van der Waals surface area contributed by atoms with Crippen molar-refractivity contribution in [2.24, 2.45) is 0 Å². The van der Waals surface area contributed by atoms with Crippen LogP contribution < -0.4 is 4.90 Å². The number of rotatable bonds is 2. The lowest BCUT2D eigenvalue weighted by atomic mass is 10.1. The van der Waals surface area contributed by atoms with Crippen LogP contribution in [0.15, 0.2) is 18.2 Å². The molecule has 0 aliphatic heterocycles. The second-order valence-electron chi connectivity index (χ2n) is 3.28. The molecule has 15 heavy (non-hydrogen) atoms. The number of carbonyl (C=O) groups is 1. The van der Waals surface area contributed by atoms with Gasteiger partial charge >= 0.3 is 6.18 Å². The van der Waals surface area contributed by atoms with E-state index in [-0.39, 0.29) is 11.8 Å². The Hall–Kier alpha value is -1.52. The lowest BCUT2D eigenvalue weighted by molar-refractivity contribution is -0.137. The summed E-state index contributed by atoms with van der Waals surface area (Å²) in [6, 6.07) is 3.46. The highest BCUT2D eigenvalue weighted by atomic mass is 19.4. The third kappa shape index (κ3) is 2.49. The van der Waals surface area contributed by atoms with E-state index in [0.29, 0.717) is 5.69 Å². The first-order valence-corrected chi connectivity index (χ1v) is 4.20. The number of aldehydes is 1. The first kappa shape index (κ1) is 11.6. The highest BCUT2D eigenvalue weighted by Crippen LogP contribution is 2.32. The summed E-state index contributed by atoms with van der Waals surface area (Å²) < 4.78 is 37.2. The minimum absolute atomic E-state index is 0.218. The van der Waals surface area contributed by atoms with Crippen LogP contribution in [0.4, 0.5) is 18.9 Å². The Bertz CT molecular complexity index is 371. The van der Waals surface area contributed by atoms with Gasteiger partial charge in [0.25, 0.3) is 0 Å². The molecule has 1 rings (SSSR count). The standard InChI is InChI=1S/C10H10F3NO/c1-14(2)8-3-4-9(10(11,12)13)7(5-8)6-15/h3-6H,1-2H3. The van der Waals surface area contributed by atoms with Gasteiger partial charge in [0, 0.05) is 25.3 Å². The first-order valence-electron chi connectivity index (χ1n) is 4.20. The molecule has 0 amide bonds. The summed E-state index contributed by atoms with van der Waals surface area (Å²) in [4.78, 5) is 12.2. The number of halogens is 3. The van der Waals surface area contributed by atoms with Crippen molar-refractivity contribution in [2.75, 3.05) is 19.0 Å². The normalized spacial score (nSPS) is 11.3. The predicted molar refractivity (Wildman–Crippen MR) is 51.2 cm³/mol. The Balaban J connectivity index is 3.27. The van der Waals surface area contributed by atoms with Gasteiger partial charge in [-0.1, -0.05) is 0 Å². The van der Waals surface area contributed by atoms with Crippen molar-refractivity contribution in [2.45, 2.75) is 6.18 Å². The number of carbonyl (C=O) groups excluding carboxylic acids is 1. The van der Waals surface area contributed by atoms with Crippen molar-refractivity contribution in [3.05, 3.63) is 29.3 Å². The maximum atomic E-state index is 12.4. The Morgan fingerprint density at radius 1 is 1.27 bits per heavy atom. The van der Waals surface area contributed by atoms with Crippen molar-refractivity contribution in [3.8, 4) is 0 Å². The van der Waals surface area contributed by atoms with Gasteiger partial charge in [-0.3, -0.25) is 4.79 Å². The number of hydrogen-bond acceptors (Lipinski definition) is 2. The number of nitrogens with zero attached hydrogens (tertiary/aromatic N) is 1. The van der Waals surface area contributed by atoms with Crippen LogP contribution in [0, 0.1) is 0 Å². The quantitative estimate of drug-likeness (QED) is 0.709. The highest BCUT2D eigenvalue weighted by Gasteiger charge is 2.33. The molecule has 0 saturated heterocycles. The molecule has 2 nitrogen and oxygen atoms in total. The van der Waals surface area contributed by atoms with Crippen molar-refractivity contribution in [3.63, 3.8) is 0 Å². The molecule has 0 aliphatic rings. The molecule has 0 saturated carbocycles. The van der Waals surface area contributed by atoms with Crippen molar-refractivity contribution >= 4 is 12.0 Å². The lowest BCUT2D eigenvalue weighted by Gasteiger charge is -2.15. The fourth-order valence-corrected chi connectivity index (χ4v) is 1.18. The Kier molecular flexibility index (Phi) is 3.02. The van der Waals surface area contributed by atoms with Crippen LogP contribution in [0.25, 0.3) is 0 Å². The average Bonchev–Trinajstić information content (AvgIpc) is 2.15. The Labute approximate surface area is 85.3 Å². The van der Waals surface area contributed by atoms with Crippen molar-refractivity contribution in [1.82, 2.24) is 0 Å². The number of alkyl halides is 3. The van der Waals surface area contributed by atoms with Crippen LogP contribution in [0.3, 0.4) is 0 Å². The zero-order chi connectivity index (χ0) is 11.6. The maximum absolute atomic E-state index is 12.4. The van der Waals surface area contributed by atoms with Gasteiger partial charge in [-0.15, -0.1) is 0 Å². The molecule has 1 aromatic carbocycles. The largest absolute Gasteiger partial charge is 0.417 e. The average molecular weight is 217 g/mol. The van der Waals surface area contributed by atoms with E-state index in [0.717, 1.165) is 6.07 Å². The van der Waals surface area contributed by atoms with E-state index in [1.807, 2.05) is 0 Å². The lowest BCUT2D eigenvalue weighted by Crippen LogP contribution is -2.12. The molecule has 0 heterocycles. The van der Waals surface area contributed by atoms with Crippen LogP contribution in [0.5, 0.6) is 0 Å². The summed E-state index contributed by atoms with van der Waals surface area (Å²) in [7, 11) is 3.38. The smallest absolute Gasteiger partial charge is 0.378 e. The number of hydrogen-bond donors (Lipinski definition) is 0. The van der Waals surface area contributed by atoms with Gasteiger partial charge in [-0.2, -0.15) is 13.2 Å². The van der Waals surface area contributed by atoms with Crippen molar-refractivity contribution < 1.29 is 18.0 Å². The summed E-state index contributed by atoms with van der Waals surface area (Å²) >= 11 is 0. The molecule has 0 N–H and O–H groups in total. The Morgan fingerprint density at radius 2 is 1.87 bits per heavy atom. The van der Waals surface area contributed by atoms with Gasteiger partial charge in [0.15, 0.2) is 6.29 Å². The highest BCUT2D eigenvalue weighted by molar-refractivity contribution is 5.80. The number of benzene rings is 1. The molecule has 0 unspecified atom stereocenters. The van der Waals surface area contributed by atoms with E-state index in [2.05, 4.69) is 0 Å². The van der Waals surface area contributed by atoms with Crippen LogP contribution in [0.1, 0.15) is 15.9 Å². The van der Waals surface area contributed by atoms with Gasteiger partial charge in [-0.25, -0.2) is 0 Å². The predicted octanol–water partition coefficient (Wildman–Crippen LogP) is 2.58. The molecule has 0 bridgehead atoms. The van der Waals surface area contributed by atoms with Gasteiger partial charge in [0.1, 0.15) is 0 Å². The third-order valence-corrected chi connectivity index (χ3v) is 1.98. The van der Waals surface area contributed by atoms with E-state index < -0.39 is 11.7 Å². The van der Waals surface area contributed by atoms with Gasteiger partial charge in [0.2, 0.25) is 0 Å². The molecular formula is C10H10F3NO. The zero-order valence-corrected chi connectivity index (χ0v) is 8.30. The van der Waals surface area contributed by atoms with Gasteiger partial charge in [-0.05, 0) is 18.2 Å². The van der Waals surface area contributed by atoms with Crippen LogP contribution in [0.2, 0.25) is 0 Å². The van der Waals surface area contributed by atoms with E-state index in [1.165, 1.54) is 12.1 Å². The molecule has 0 spiro atoms. The molecule has 5 heteroatoms. The summed E-state index contributed by atoms with van der Waals surface area (Å²) in [5.41, 5.74) is -0.679. The van der Waals surface area contributed by atoms with Crippen LogP contribution in [-0.4, -0.2) is 20.4 Å². The Morgan fingerprint density at radius 3 is 2.27 bits per heavy atom. The van der Waals surface area contributed by atoms with E-state index in [4.69, 9.17) is 0 Å². The minimum Gasteiger partial charge on any atom is -0.378 e. The summed E-state index contributed by atoms with van der Waals surface area (Å²) in [5.74, 6) is 0. The van der Waals surface area contributed by atoms with E-state index >= 15 is 0 Å². The molecule has 0 aromatic heterocycles. The fraction of sp³-hybridized carbons (Fsp3) is 0.300. The summed E-state index contributed by atoms with van der Waals surface area (Å²) in [6.07, 6.45) is -4.27. The number of anilines is 1. The van der Waals surface area contributed by atoms with E-state index in [9.17, 15) is 18.0 Å². The third-order valence-electron chi connectivity index (χ3n) is 1.98. The zero-order valence-electron chi connectivity index (χ0n) is 8.30. The van der Waals surface area contributed by atoms with Gasteiger partial charge < -0.3 is 4.90 Å². The molecule has 0 fully saturated rings. The maximum Gasteiger partial charge on any atom is 0.417 e. The van der Waals surface area contributed by atoms with Crippen molar-refractivity contribution in [1.29, 1.82) is 0 Å². The fourth-order valence-electron chi connectivity index (χ4n) is 1.18. The SMILES string of the molecule is CN(C)c1ccc(C(F)(F)F)c(C=O)c1. The summed E-state index contributed by atoms with van der Waals surface area (Å²) in [5, 5.41) is 0. The van der Waals surface area contributed by atoms with Gasteiger partial charge in [0.05, 0.1) is 5.56 Å². The van der Waals surface area contributed by atoms with Crippen LogP contribution >= 0.6 is 0 Å². The second kappa shape index (κ2) is 3.92. The molecule has 0 atom stereocenters. The molecule has 82 valence electrons.